The van der Waals surface area contributed by atoms with Gasteiger partial charge in [0.2, 0.25) is 0 Å². The van der Waals surface area contributed by atoms with Crippen molar-refractivity contribution in [2.45, 2.75) is 32.5 Å². The van der Waals surface area contributed by atoms with E-state index in [2.05, 4.69) is 0 Å². The van der Waals surface area contributed by atoms with Crippen LogP contribution in [-0.4, -0.2) is 11.3 Å². The lowest BCUT2D eigenvalue weighted by atomic mass is 9.94. The second-order valence-electron chi connectivity index (χ2n) is 3.92. The quantitative estimate of drug-likeness (QED) is 0.824. The van der Waals surface area contributed by atoms with Crippen LogP contribution in [0.25, 0.3) is 0 Å². The van der Waals surface area contributed by atoms with Crippen molar-refractivity contribution in [3.05, 3.63) is 28.8 Å². The molecule has 16 heavy (non-hydrogen) atoms. The van der Waals surface area contributed by atoms with Crippen LogP contribution in [0.15, 0.2) is 12.1 Å². The number of aryl methyl sites for hydroxylation is 2. The zero-order valence-corrected chi connectivity index (χ0v) is 9.10. The Morgan fingerprint density at radius 2 is 1.69 bits per heavy atom. The summed E-state index contributed by atoms with van der Waals surface area (Å²) in [7, 11) is 0. The molecule has 0 bridgehead atoms. The van der Waals surface area contributed by atoms with E-state index in [0.717, 1.165) is 0 Å². The van der Waals surface area contributed by atoms with Gasteiger partial charge in [-0.1, -0.05) is 0 Å². The number of aromatic hydroxyl groups is 1. The highest BCUT2D eigenvalue weighted by Gasteiger charge is 2.32. The first-order valence-corrected chi connectivity index (χ1v) is 4.83. The normalized spacial score (nSPS) is 13.9. The monoisotopic (exact) mass is 233 g/mol. The maximum atomic E-state index is 12.2. The summed E-state index contributed by atoms with van der Waals surface area (Å²) in [6, 6.07) is 1.75. The van der Waals surface area contributed by atoms with Crippen molar-refractivity contribution in [3.63, 3.8) is 0 Å². The lowest BCUT2D eigenvalue weighted by Crippen LogP contribution is -2.21. The molecule has 0 aliphatic heterocycles. The third-order valence-corrected chi connectivity index (χ3v) is 2.40. The van der Waals surface area contributed by atoms with E-state index in [4.69, 9.17) is 5.73 Å². The van der Waals surface area contributed by atoms with Gasteiger partial charge >= 0.3 is 6.18 Å². The van der Waals surface area contributed by atoms with E-state index in [1.165, 1.54) is 12.1 Å². The van der Waals surface area contributed by atoms with E-state index in [-0.39, 0.29) is 5.75 Å². The van der Waals surface area contributed by atoms with Gasteiger partial charge in [-0.15, -0.1) is 0 Å². The number of alkyl halides is 3. The molecular weight excluding hydrogens is 219 g/mol. The molecule has 1 aromatic carbocycles. The number of hydrogen-bond donors (Lipinski definition) is 2. The molecule has 0 saturated carbocycles. The Morgan fingerprint density at radius 3 is 2.06 bits per heavy atom. The number of hydrogen-bond acceptors (Lipinski definition) is 2. The van der Waals surface area contributed by atoms with E-state index in [1.807, 2.05) is 0 Å². The number of benzene rings is 1. The third kappa shape index (κ3) is 3.13. The highest BCUT2D eigenvalue weighted by Crippen LogP contribution is 2.32. The Bertz CT molecular complexity index is 364. The van der Waals surface area contributed by atoms with Crippen LogP contribution in [0, 0.1) is 13.8 Å². The maximum absolute atomic E-state index is 12.2. The van der Waals surface area contributed by atoms with Crippen LogP contribution in [0.4, 0.5) is 13.2 Å². The fraction of sp³-hybridized carbons (Fsp3) is 0.455. The number of phenolic OH excluding ortho intramolecular Hbond substituents is 1. The van der Waals surface area contributed by atoms with Crippen LogP contribution in [0.1, 0.15) is 29.2 Å². The standard InChI is InChI=1S/C11H14F3NO/c1-6-3-8(16)4-7(2)10(6)9(15)5-11(12,13)14/h3-4,9,16H,5,15H2,1-2H3/t9-/m0/s1. The van der Waals surface area contributed by atoms with Gasteiger partial charge in [0.1, 0.15) is 5.75 Å². The topological polar surface area (TPSA) is 46.2 Å². The van der Waals surface area contributed by atoms with Crippen LogP contribution < -0.4 is 5.73 Å². The maximum Gasteiger partial charge on any atom is 0.390 e. The third-order valence-electron chi connectivity index (χ3n) is 2.40. The molecule has 0 radical (unpaired) electrons. The molecule has 2 nitrogen and oxygen atoms in total. The molecule has 0 aromatic heterocycles. The van der Waals surface area contributed by atoms with E-state index in [0.29, 0.717) is 16.7 Å². The van der Waals surface area contributed by atoms with Crippen LogP contribution in [0.2, 0.25) is 0 Å². The van der Waals surface area contributed by atoms with Gasteiger partial charge in [-0.3, -0.25) is 0 Å². The van der Waals surface area contributed by atoms with Gasteiger partial charge in [0, 0.05) is 6.04 Å². The van der Waals surface area contributed by atoms with Crippen LogP contribution >= 0.6 is 0 Å². The summed E-state index contributed by atoms with van der Waals surface area (Å²) in [6.07, 6.45) is -5.34. The van der Waals surface area contributed by atoms with E-state index in [1.54, 1.807) is 13.8 Å². The average molecular weight is 233 g/mol. The van der Waals surface area contributed by atoms with E-state index >= 15 is 0 Å². The van der Waals surface area contributed by atoms with Gasteiger partial charge in [0.05, 0.1) is 6.42 Å². The van der Waals surface area contributed by atoms with Crippen molar-refractivity contribution in [1.82, 2.24) is 0 Å². The minimum Gasteiger partial charge on any atom is -0.508 e. The Morgan fingerprint density at radius 1 is 1.25 bits per heavy atom. The Hall–Kier alpha value is -1.23. The summed E-state index contributed by atoms with van der Waals surface area (Å²) < 4.78 is 36.6. The van der Waals surface area contributed by atoms with Crippen molar-refractivity contribution in [2.24, 2.45) is 5.73 Å². The summed E-state index contributed by atoms with van der Waals surface area (Å²) in [5.74, 6) is 0.0398. The van der Waals surface area contributed by atoms with Gasteiger partial charge in [-0.25, -0.2) is 0 Å². The van der Waals surface area contributed by atoms with Gasteiger partial charge < -0.3 is 10.8 Å². The van der Waals surface area contributed by atoms with Crippen molar-refractivity contribution in [1.29, 1.82) is 0 Å². The highest BCUT2D eigenvalue weighted by molar-refractivity contribution is 5.42. The van der Waals surface area contributed by atoms with E-state index in [9.17, 15) is 18.3 Å². The van der Waals surface area contributed by atoms with Gasteiger partial charge in [-0.2, -0.15) is 13.2 Å². The second kappa shape index (κ2) is 4.33. The smallest absolute Gasteiger partial charge is 0.390 e. The van der Waals surface area contributed by atoms with Crippen LogP contribution in [0.5, 0.6) is 5.75 Å². The summed E-state index contributed by atoms with van der Waals surface area (Å²) >= 11 is 0. The van der Waals surface area contributed by atoms with Crippen LogP contribution in [-0.2, 0) is 0 Å². The largest absolute Gasteiger partial charge is 0.508 e. The summed E-state index contributed by atoms with van der Waals surface area (Å²) in [5, 5.41) is 9.27. The molecule has 3 N–H and O–H groups in total. The zero-order chi connectivity index (χ0) is 12.5. The molecule has 90 valence electrons. The fourth-order valence-corrected chi connectivity index (χ4v) is 1.89. The minimum absolute atomic E-state index is 0.0398. The predicted molar refractivity (Wildman–Crippen MR) is 55.2 cm³/mol. The Labute approximate surface area is 91.9 Å². The molecule has 0 heterocycles. The minimum atomic E-state index is -4.28. The van der Waals surface area contributed by atoms with Crippen molar-refractivity contribution in [3.8, 4) is 5.75 Å². The van der Waals surface area contributed by atoms with Gasteiger partial charge in [0.25, 0.3) is 0 Å². The second-order valence-corrected chi connectivity index (χ2v) is 3.92. The molecule has 0 saturated heterocycles. The molecule has 1 rings (SSSR count). The molecule has 5 heteroatoms. The SMILES string of the molecule is Cc1cc(O)cc(C)c1[C@@H](N)CC(F)(F)F. The first kappa shape index (κ1) is 12.8. The highest BCUT2D eigenvalue weighted by atomic mass is 19.4. The predicted octanol–water partition coefficient (Wildman–Crippen LogP) is 2.96. The number of nitrogens with two attached hydrogens (primary N) is 1. The molecule has 0 amide bonds. The average Bonchev–Trinajstić information content (AvgIpc) is 1.96. The molecule has 0 fully saturated rings. The first-order chi connectivity index (χ1) is 7.20. The Balaban J connectivity index is 3.04. The number of rotatable bonds is 2. The zero-order valence-electron chi connectivity index (χ0n) is 9.10. The molecule has 0 unspecified atom stereocenters. The van der Waals surface area contributed by atoms with Gasteiger partial charge in [0.15, 0.2) is 0 Å². The molecule has 0 spiro atoms. The molecule has 1 aromatic rings. The Kier molecular flexibility index (Phi) is 3.48. The van der Waals surface area contributed by atoms with Crippen molar-refractivity contribution >= 4 is 0 Å². The van der Waals surface area contributed by atoms with Gasteiger partial charge in [-0.05, 0) is 42.7 Å². The first-order valence-electron chi connectivity index (χ1n) is 4.83. The molecule has 0 aliphatic rings. The fourth-order valence-electron chi connectivity index (χ4n) is 1.89. The molecule has 0 aliphatic carbocycles. The summed E-state index contributed by atoms with van der Waals surface area (Å²) in [6.45, 7) is 3.27. The summed E-state index contributed by atoms with van der Waals surface area (Å²) in [4.78, 5) is 0. The molecule has 1 atom stereocenters. The van der Waals surface area contributed by atoms with Crippen LogP contribution in [0.3, 0.4) is 0 Å². The number of halogens is 3. The molecular formula is C11H14F3NO. The van der Waals surface area contributed by atoms with Crippen molar-refractivity contribution < 1.29 is 18.3 Å². The summed E-state index contributed by atoms with van der Waals surface area (Å²) in [5.41, 5.74) is 7.14. The number of phenols is 1. The van der Waals surface area contributed by atoms with Crippen molar-refractivity contribution in [2.75, 3.05) is 0 Å². The van der Waals surface area contributed by atoms with E-state index < -0.39 is 18.6 Å². The lowest BCUT2D eigenvalue weighted by molar-refractivity contribution is -0.138. The lowest BCUT2D eigenvalue weighted by Gasteiger charge is -2.19.